The van der Waals surface area contributed by atoms with Gasteiger partial charge in [0.2, 0.25) is 6.41 Å². The molecule has 2 aromatic rings. The second-order valence-electron chi connectivity index (χ2n) is 20.4. The number of hydrogen-bond acceptors (Lipinski definition) is 10. The number of benzene rings is 1. The van der Waals surface area contributed by atoms with Crippen LogP contribution in [-0.4, -0.2) is 65.0 Å². The summed E-state index contributed by atoms with van der Waals surface area (Å²) in [6, 6.07) is 10.5. The predicted octanol–water partition coefficient (Wildman–Crippen LogP) is 9.05. The lowest BCUT2D eigenvalue weighted by atomic mass is 9.36. The van der Waals surface area contributed by atoms with Crippen molar-refractivity contribution >= 4 is 30.5 Å². The molecular formula is C53H82FN5O8. The highest BCUT2D eigenvalue weighted by molar-refractivity contribution is 5.94. The van der Waals surface area contributed by atoms with E-state index >= 15 is 0 Å². The molecule has 0 radical (unpaired) electrons. The zero-order chi connectivity index (χ0) is 50.2. The minimum absolute atomic E-state index is 0.0101. The van der Waals surface area contributed by atoms with Crippen LogP contribution in [0.25, 0.3) is 0 Å². The zero-order valence-electron chi connectivity index (χ0n) is 41.7. The summed E-state index contributed by atoms with van der Waals surface area (Å²) >= 11 is 0. The van der Waals surface area contributed by atoms with E-state index in [0.717, 1.165) is 42.4 Å². The molecule has 11 atom stereocenters. The molecule has 67 heavy (non-hydrogen) atoms. The molecule has 0 bridgehead atoms. The molecule has 5 aliphatic carbocycles. The molecule has 13 nitrogen and oxygen atoms in total. The number of primary amides is 1. The third-order valence-corrected chi connectivity index (χ3v) is 16.8. The Kier molecular flexibility index (Phi) is 21.8. The van der Waals surface area contributed by atoms with E-state index in [0.29, 0.717) is 39.7 Å². The van der Waals surface area contributed by atoms with Gasteiger partial charge in [0.15, 0.2) is 0 Å². The van der Waals surface area contributed by atoms with Gasteiger partial charge in [-0.3, -0.25) is 29.5 Å². The minimum atomic E-state index is -1.07. The van der Waals surface area contributed by atoms with Gasteiger partial charge < -0.3 is 26.3 Å². The van der Waals surface area contributed by atoms with Crippen molar-refractivity contribution in [3.63, 3.8) is 0 Å². The smallest absolute Gasteiger partial charge is 0.365 e. The Bertz CT molecular complexity index is 1930. The number of fused-ring (bicyclic) bond motifs is 7. The Morgan fingerprint density at radius 2 is 1.60 bits per heavy atom. The second-order valence-corrected chi connectivity index (χ2v) is 20.4. The third-order valence-electron chi connectivity index (χ3n) is 16.8. The van der Waals surface area contributed by atoms with E-state index in [4.69, 9.17) is 10.0 Å². The maximum Gasteiger partial charge on any atom is 0.365 e. The number of nitrogens with zero attached hydrogens (tertiary/aromatic N) is 1. The number of hydrogen-bond donors (Lipinski definition) is 6. The fraction of sp³-hybridized carbons (Fsp3) is 0.660. The number of hydroxylamine groups is 1. The summed E-state index contributed by atoms with van der Waals surface area (Å²) in [5, 5.41) is 25.2. The first kappa shape index (κ1) is 56.8. The Morgan fingerprint density at radius 3 is 2.19 bits per heavy atom. The number of aliphatic hydroxyl groups is 1. The van der Waals surface area contributed by atoms with Crippen molar-refractivity contribution in [1.82, 2.24) is 21.1 Å². The lowest BCUT2D eigenvalue weighted by Crippen LogP contribution is -2.63. The monoisotopic (exact) mass is 936 g/mol. The van der Waals surface area contributed by atoms with E-state index in [1.165, 1.54) is 83.0 Å². The van der Waals surface area contributed by atoms with Crippen LogP contribution in [0.4, 0.5) is 4.53 Å². The molecule has 1 heterocycles. The summed E-state index contributed by atoms with van der Waals surface area (Å²) in [7, 11) is 1.44. The van der Waals surface area contributed by atoms with Gasteiger partial charge in [0, 0.05) is 22.7 Å². The van der Waals surface area contributed by atoms with Gasteiger partial charge >= 0.3 is 5.97 Å². The number of pyridine rings is 1. The first-order valence-electron chi connectivity index (χ1n) is 24.5. The summed E-state index contributed by atoms with van der Waals surface area (Å²) in [4.78, 5) is 60.6. The lowest BCUT2D eigenvalue weighted by molar-refractivity contribution is -0.216. The van der Waals surface area contributed by atoms with Gasteiger partial charge in [-0.15, -0.1) is 6.58 Å². The van der Waals surface area contributed by atoms with Crippen molar-refractivity contribution in [3.05, 3.63) is 77.6 Å². The van der Waals surface area contributed by atoms with E-state index in [1.54, 1.807) is 23.7 Å². The Morgan fingerprint density at radius 1 is 0.940 bits per heavy atom. The molecule has 7 rings (SSSR count). The largest absolute Gasteiger partial charge is 0.393 e. The molecule has 0 saturated heterocycles. The molecule has 7 N–H and O–H groups in total. The van der Waals surface area contributed by atoms with Crippen LogP contribution in [0, 0.1) is 57.2 Å². The van der Waals surface area contributed by atoms with Crippen molar-refractivity contribution in [2.45, 2.75) is 158 Å². The predicted molar refractivity (Wildman–Crippen MR) is 259 cm³/mol. The highest BCUT2D eigenvalue weighted by Crippen LogP contribution is 2.73. The number of carbonyl (C=O) groups is 5. The topological polar surface area (TPSA) is 210 Å². The van der Waals surface area contributed by atoms with Crippen LogP contribution in [0.15, 0.2) is 55.3 Å². The van der Waals surface area contributed by atoms with Crippen molar-refractivity contribution in [3.8, 4) is 0 Å². The van der Waals surface area contributed by atoms with Gasteiger partial charge in [-0.2, -0.15) is 0 Å². The van der Waals surface area contributed by atoms with Crippen LogP contribution in [0.2, 0.25) is 0 Å². The summed E-state index contributed by atoms with van der Waals surface area (Å²) in [6.45, 7) is 22.1. The van der Waals surface area contributed by atoms with Crippen LogP contribution >= 0.6 is 0 Å². The SMILES string of the molecule is C=CC.CC.CC1CCC2(CCc3cccc(C(=O)NCc4ccc(C(=O)NO)cn4)c3)CCC3C(CCC4C3(C)CCC3C(C)(C)C(O)CCC34C)C12.CNC(CC=O)C(=O)OF.NC=O. The quantitative estimate of drug-likeness (QED) is 0.0545. The highest BCUT2D eigenvalue weighted by atomic mass is 19.3. The second kappa shape index (κ2) is 25.7. The zero-order valence-corrected chi connectivity index (χ0v) is 41.7. The Labute approximate surface area is 399 Å². The highest BCUT2D eigenvalue weighted by Gasteiger charge is 2.66. The number of nitrogens with two attached hydrogens (primary N) is 1. The molecule has 374 valence electrons. The molecule has 3 amide bonds. The summed E-state index contributed by atoms with van der Waals surface area (Å²) in [5.41, 5.74) is 9.74. The summed E-state index contributed by atoms with van der Waals surface area (Å²) in [5.74, 6) is 2.80. The van der Waals surface area contributed by atoms with Crippen molar-refractivity contribution in [2.75, 3.05) is 7.05 Å². The number of aromatic nitrogens is 1. The molecule has 5 saturated carbocycles. The number of aryl methyl sites for hydroxylation is 1. The van der Waals surface area contributed by atoms with Gasteiger partial charge in [0.1, 0.15) is 12.3 Å². The molecule has 0 aliphatic heterocycles. The number of amides is 3. The standard InChI is InChI=1S/C42H59N3O4.C5H8FNO3.C3H6.C2H6.CH3NO/c1-26-13-20-42(21-14-27-7-6-8-28(23-27)37(47)44-25-30-10-9-29(24-43-30)38(48)45-49)22-15-32-31(36(26)42)11-12-34-40(32,4)18-16-33-39(2,3)35(46)17-19-41(33,34)5;1-7-4(2-3-8)5(9)10-6;1-3-2;1-2;2-1-3/h6-10,23-24,26,31-36,46,49H,11-22,25H2,1-5H3,(H,44,47)(H,45,48);3-4,7H,2H2,1H3;3H,1H2,2H3;1-2H3;1H,(H2,2,3). The normalized spacial score (nSPS) is 30.9. The number of likely N-dealkylation sites (N-methyl/N-ethyl adjacent to an activating group) is 1. The molecule has 14 heteroatoms. The van der Waals surface area contributed by atoms with Crippen molar-refractivity contribution < 1.29 is 43.8 Å². The fourth-order valence-electron chi connectivity index (χ4n) is 13.9. The van der Waals surface area contributed by atoms with Crippen LogP contribution < -0.4 is 21.8 Å². The molecule has 11 unspecified atom stereocenters. The summed E-state index contributed by atoms with van der Waals surface area (Å²) < 4.78 is 11.1. The molecule has 0 spiro atoms. The third kappa shape index (κ3) is 12.8. The fourth-order valence-corrected chi connectivity index (χ4v) is 13.9. The number of carbonyl (C=O) groups excluding carboxylic acids is 5. The average molecular weight is 936 g/mol. The minimum Gasteiger partial charge on any atom is -0.393 e. The average Bonchev–Trinajstić information content (AvgIpc) is 3.67. The van der Waals surface area contributed by atoms with Crippen molar-refractivity contribution in [1.29, 1.82) is 0 Å². The van der Waals surface area contributed by atoms with Gasteiger partial charge in [-0.05, 0) is 178 Å². The Hall–Kier alpha value is -4.53. The number of aliphatic hydroxyl groups excluding tert-OH is 1. The van der Waals surface area contributed by atoms with E-state index in [9.17, 15) is 28.8 Å². The van der Waals surface area contributed by atoms with E-state index in [2.05, 4.69) is 79.6 Å². The van der Waals surface area contributed by atoms with Crippen LogP contribution in [-0.2, 0) is 32.3 Å². The lowest BCUT2D eigenvalue weighted by Gasteiger charge is -2.69. The molecule has 5 aliphatic rings. The van der Waals surface area contributed by atoms with Crippen LogP contribution in [0.3, 0.4) is 0 Å². The molecular weight excluding hydrogens is 854 g/mol. The Balaban J connectivity index is 0.000000568. The maximum absolute atomic E-state index is 13.1. The van der Waals surface area contributed by atoms with E-state index in [1.807, 2.05) is 32.9 Å². The van der Waals surface area contributed by atoms with Gasteiger partial charge in [0.05, 0.1) is 23.9 Å². The van der Waals surface area contributed by atoms with Gasteiger partial charge in [-0.25, -0.2) is 10.3 Å². The van der Waals surface area contributed by atoms with Crippen LogP contribution in [0.5, 0.6) is 0 Å². The van der Waals surface area contributed by atoms with Crippen LogP contribution in [0.1, 0.15) is 164 Å². The van der Waals surface area contributed by atoms with E-state index < -0.39 is 17.9 Å². The number of nitrogens with one attached hydrogen (secondary N) is 3. The summed E-state index contributed by atoms with van der Waals surface area (Å²) in [6.07, 6.45) is 18.8. The molecule has 5 fully saturated rings. The first-order chi connectivity index (χ1) is 31.9. The van der Waals surface area contributed by atoms with Gasteiger partial charge in [0.25, 0.3) is 11.8 Å². The van der Waals surface area contributed by atoms with Gasteiger partial charge in [-0.1, -0.05) is 66.7 Å². The molecule has 1 aromatic heterocycles. The first-order valence-corrected chi connectivity index (χ1v) is 24.5. The van der Waals surface area contributed by atoms with Crippen molar-refractivity contribution in [2.24, 2.45) is 62.9 Å². The van der Waals surface area contributed by atoms with E-state index in [-0.39, 0.29) is 42.4 Å². The number of rotatable bonds is 11. The number of allylic oxidation sites excluding steroid dienone is 1. The molecule has 1 aromatic carbocycles. The number of halogens is 1. The maximum atomic E-state index is 13.1. The number of aldehydes is 1.